The molecular formula is C22H25ClN2O3. The Labute approximate surface area is 170 Å². The summed E-state index contributed by atoms with van der Waals surface area (Å²) in [6, 6.07) is 16.7. The highest BCUT2D eigenvalue weighted by atomic mass is 35.5. The van der Waals surface area contributed by atoms with E-state index in [1.165, 1.54) is 6.07 Å². The molecule has 148 valence electrons. The number of hydrogen-bond donors (Lipinski definition) is 1. The third kappa shape index (κ3) is 4.80. The summed E-state index contributed by atoms with van der Waals surface area (Å²) < 4.78 is 5.68. The largest absolute Gasteiger partial charge is 0.451 e. The van der Waals surface area contributed by atoms with Crippen LogP contribution in [-0.2, 0) is 6.42 Å². The van der Waals surface area contributed by atoms with E-state index in [0.29, 0.717) is 17.5 Å². The van der Waals surface area contributed by atoms with E-state index in [1.54, 1.807) is 6.07 Å². The maximum absolute atomic E-state index is 12.6. The van der Waals surface area contributed by atoms with Gasteiger partial charge in [-0.25, -0.2) is 0 Å². The summed E-state index contributed by atoms with van der Waals surface area (Å²) in [6.07, 6.45) is 0.836. The number of rotatable bonds is 6. The highest BCUT2D eigenvalue weighted by Gasteiger charge is 2.17. The molecule has 0 aliphatic carbocycles. The Kier molecular flexibility index (Phi) is 7.38. The predicted octanol–water partition coefficient (Wildman–Crippen LogP) is 3.81. The second kappa shape index (κ2) is 9.53. The number of nitrogens with one attached hydrogen (secondary N) is 1. The number of halogens is 1. The van der Waals surface area contributed by atoms with Crippen LogP contribution in [0.5, 0.6) is 0 Å². The summed E-state index contributed by atoms with van der Waals surface area (Å²) in [4.78, 5) is 27.0. The summed E-state index contributed by atoms with van der Waals surface area (Å²) in [5, 5.41) is 3.38. The molecule has 1 heterocycles. The SMILES string of the molecule is CCc1ccc2oc(C(=O)NCC(c3ccccc3)N(C)C)cc(=O)c2c1.Cl. The Morgan fingerprint density at radius 2 is 1.82 bits per heavy atom. The van der Waals surface area contributed by atoms with Crippen molar-refractivity contribution in [1.29, 1.82) is 0 Å². The van der Waals surface area contributed by atoms with E-state index < -0.39 is 5.91 Å². The molecule has 0 fully saturated rings. The number of nitrogens with zero attached hydrogens (tertiary/aromatic N) is 1. The number of benzene rings is 2. The van der Waals surface area contributed by atoms with Gasteiger partial charge in [-0.1, -0.05) is 43.3 Å². The molecule has 3 rings (SSSR count). The molecule has 3 aromatic rings. The zero-order valence-corrected chi connectivity index (χ0v) is 17.1. The Morgan fingerprint density at radius 1 is 1.11 bits per heavy atom. The smallest absolute Gasteiger partial charge is 0.287 e. The lowest BCUT2D eigenvalue weighted by molar-refractivity contribution is 0.0914. The van der Waals surface area contributed by atoms with Gasteiger partial charge in [0.15, 0.2) is 11.2 Å². The van der Waals surface area contributed by atoms with Gasteiger partial charge in [-0.2, -0.15) is 0 Å². The third-order valence-corrected chi connectivity index (χ3v) is 4.69. The zero-order valence-electron chi connectivity index (χ0n) is 16.3. The molecule has 0 bridgehead atoms. The molecule has 1 amide bonds. The molecule has 6 heteroatoms. The lowest BCUT2D eigenvalue weighted by Gasteiger charge is -2.25. The van der Waals surface area contributed by atoms with E-state index in [0.717, 1.165) is 17.5 Å². The minimum Gasteiger partial charge on any atom is -0.451 e. The minimum absolute atomic E-state index is 0. The summed E-state index contributed by atoms with van der Waals surface area (Å²) >= 11 is 0. The van der Waals surface area contributed by atoms with E-state index in [-0.39, 0.29) is 29.6 Å². The van der Waals surface area contributed by atoms with E-state index in [4.69, 9.17) is 4.42 Å². The van der Waals surface area contributed by atoms with Crippen molar-refractivity contribution in [2.24, 2.45) is 0 Å². The molecule has 0 aliphatic rings. The fraction of sp³-hybridized carbons (Fsp3) is 0.273. The first-order valence-corrected chi connectivity index (χ1v) is 9.06. The molecule has 0 saturated carbocycles. The van der Waals surface area contributed by atoms with Gasteiger partial charge in [-0.15, -0.1) is 12.4 Å². The van der Waals surface area contributed by atoms with Crippen LogP contribution >= 0.6 is 12.4 Å². The molecule has 28 heavy (non-hydrogen) atoms. The highest BCUT2D eigenvalue weighted by molar-refractivity contribution is 5.93. The van der Waals surface area contributed by atoms with Crippen molar-refractivity contribution in [2.75, 3.05) is 20.6 Å². The van der Waals surface area contributed by atoms with Crippen LogP contribution in [0.2, 0.25) is 0 Å². The standard InChI is InChI=1S/C22H24N2O3.ClH/c1-4-15-10-11-20-17(12-15)19(25)13-21(27-20)22(26)23-14-18(24(2)3)16-8-6-5-7-9-16;/h5-13,18H,4,14H2,1-3H3,(H,23,26);1H. The van der Waals surface area contributed by atoms with Gasteiger partial charge in [0.2, 0.25) is 0 Å². The van der Waals surface area contributed by atoms with Gasteiger partial charge < -0.3 is 14.6 Å². The number of carbonyl (C=O) groups is 1. The molecule has 5 nitrogen and oxygen atoms in total. The maximum Gasteiger partial charge on any atom is 0.287 e. The van der Waals surface area contributed by atoms with E-state index >= 15 is 0 Å². The summed E-state index contributed by atoms with van der Waals surface area (Å²) in [5.74, 6) is -0.362. The molecule has 0 spiro atoms. The monoisotopic (exact) mass is 400 g/mol. The Morgan fingerprint density at radius 3 is 2.46 bits per heavy atom. The van der Waals surface area contributed by atoms with Crippen LogP contribution < -0.4 is 10.7 Å². The highest BCUT2D eigenvalue weighted by Crippen LogP contribution is 2.18. The lowest BCUT2D eigenvalue weighted by atomic mass is 10.1. The first-order valence-electron chi connectivity index (χ1n) is 9.06. The van der Waals surface area contributed by atoms with Crippen LogP contribution in [0.15, 0.2) is 63.8 Å². The van der Waals surface area contributed by atoms with Crippen LogP contribution in [0.3, 0.4) is 0 Å². The zero-order chi connectivity index (χ0) is 19.4. The molecule has 1 unspecified atom stereocenters. The van der Waals surface area contributed by atoms with Crippen molar-refractivity contribution in [3.05, 3.63) is 81.7 Å². The van der Waals surface area contributed by atoms with Crippen molar-refractivity contribution in [2.45, 2.75) is 19.4 Å². The molecule has 0 saturated heterocycles. The number of likely N-dealkylation sites (N-methyl/N-ethyl adjacent to an activating group) is 1. The molecular weight excluding hydrogens is 376 g/mol. The maximum atomic E-state index is 12.6. The van der Waals surface area contributed by atoms with E-state index in [9.17, 15) is 9.59 Å². The van der Waals surface area contributed by atoms with Crippen LogP contribution in [0, 0.1) is 0 Å². The van der Waals surface area contributed by atoms with Gasteiger partial charge in [0.1, 0.15) is 5.58 Å². The average molecular weight is 401 g/mol. The number of amides is 1. The van der Waals surface area contributed by atoms with Gasteiger partial charge in [0, 0.05) is 12.6 Å². The van der Waals surface area contributed by atoms with Crippen molar-refractivity contribution < 1.29 is 9.21 Å². The normalized spacial score (nSPS) is 11.9. The van der Waals surface area contributed by atoms with Gasteiger partial charge >= 0.3 is 0 Å². The number of hydrogen-bond acceptors (Lipinski definition) is 4. The fourth-order valence-corrected chi connectivity index (χ4v) is 3.09. The minimum atomic E-state index is -0.392. The molecule has 0 radical (unpaired) electrons. The van der Waals surface area contributed by atoms with Crippen molar-refractivity contribution in [3.8, 4) is 0 Å². The lowest BCUT2D eigenvalue weighted by Crippen LogP contribution is -2.34. The van der Waals surface area contributed by atoms with Crippen LogP contribution in [-0.4, -0.2) is 31.4 Å². The van der Waals surface area contributed by atoms with Crippen LogP contribution in [0.25, 0.3) is 11.0 Å². The van der Waals surface area contributed by atoms with Crippen molar-refractivity contribution in [3.63, 3.8) is 0 Å². The second-order valence-corrected chi connectivity index (χ2v) is 6.76. The van der Waals surface area contributed by atoms with Crippen molar-refractivity contribution in [1.82, 2.24) is 10.2 Å². The quantitative estimate of drug-likeness (QED) is 0.683. The predicted molar refractivity (Wildman–Crippen MR) is 114 cm³/mol. The van der Waals surface area contributed by atoms with Gasteiger partial charge in [0.05, 0.1) is 11.4 Å². The fourth-order valence-electron chi connectivity index (χ4n) is 3.09. The summed E-state index contributed by atoms with van der Waals surface area (Å²) in [6.45, 7) is 2.44. The second-order valence-electron chi connectivity index (χ2n) is 6.76. The van der Waals surface area contributed by atoms with Crippen molar-refractivity contribution >= 4 is 29.3 Å². The third-order valence-electron chi connectivity index (χ3n) is 4.69. The molecule has 2 aromatic carbocycles. The summed E-state index contributed by atoms with van der Waals surface area (Å²) in [5.41, 5.74) is 2.39. The van der Waals surface area contributed by atoms with E-state index in [1.807, 2.05) is 68.4 Å². The van der Waals surface area contributed by atoms with E-state index in [2.05, 4.69) is 5.32 Å². The topological polar surface area (TPSA) is 62.6 Å². The first-order chi connectivity index (χ1) is 13.0. The first kappa shape index (κ1) is 21.7. The molecule has 0 aliphatic heterocycles. The van der Waals surface area contributed by atoms with Gasteiger partial charge in [0.25, 0.3) is 5.91 Å². The van der Waals surface area contributed by atoms with Gasteiger partial charge in [-0.3, -0.25) is 9.59 Å². The summed E-state index contributed by atoms with van der Waals surface area (Å²) in [7, 11) is 3.93. The molecule has 1 atom stereocenters. The molecule has 1 N–H and O–H groups in total. The van der Waals surface area contributed by atoms with Crippen LogP contribution in [0.4, 0.5) is 0 Å². The number of fused-ring (bicyclic) bond motifs is 1. The van der Waals surface area contributed by atoms with Gasteiger partial charge in [-0.05, 0) is 43.8 Å². The van der Waals surface area contributed by atoms with Crippen LogP contribution in [0.1, 0.15) is 34.6 Å². The molecule has 1 aromatic heterocycles. The number of aryl methyl sites for hydroxylation is 1. The number of carbonyl (C=O) groups excluding carboxylic acids is 1. The Balaban J connectivity index is 0.00000280. The Bertz CT molecular complexity index is 1000. The average Bonchev–Trinajstić information content (AvgIpc) is 2.68. The Hall–Kier alpha value is -2.63.